The number of thioether (sulfide) groups is 1. The zero-order chi connectivity index (χ0) is 31.8. The number of hydrogen-bond acceptors (Lipinski definition) is 8. The predicted molar refractivity (Wildman–Crippen MR) is 175 cm³/mol. The average Bonchev–Trinajstić information content (AvgIpc) is 3.51. The molecule has 9 nitrogen and oxygen atoms in total. The molecule has 2 spiro atoms. The molecular formula is C35H44N4O5S. The van der Waals surface area contributed by atoms with Crippen molar-refractivity contribution in [3.05, 3.63) is 47.9 Å². The maximum Gasteiger partial charge on any atom is 0.326 e. The second kappa shape index (κ2) is 12.4. The largest absolute Gasteiger partial charge is 0.497 e. The minimum absolute atomic E-state index is 0.0386. The van der Waals surface area contributed by atoms with Crippen molar-refractivity contribution in [2.45, 2.75) is 109 Å². The average molecular weight is 633 g/mol. The monoisotopic (exact) mass is 632 g/mol. The van der Waals surface area contributed by atoms with E-state index in [2.05, 4.69) is 0 Å². The third-order valence-electron chi connectivity index (χ3n) is 9.87. The summed E-state index contributed by atoms with van der Waals surface area (Å²) in [5, 5.41) is 0. The number of amides is 2. The van der Waals surface area contributed by atoms with Gasteiger partial charge in [-0.1, -0.05) is 50.7 Å². The summed E-state index contributed by atoms with van der Waals surface area (Å²) < 4.78 is 12.7. The number of hydrogen-bond donors (Lipinski definition) is 0. The molecule has 3 fully saturated rings. The lowest BCUT2D eigenvalue weighted by Crippen LogP contribution is -2.47. The number of rotatable bonds is 8. The molecule has 240 valence electrons. The Bertz CT molecular complexity index is 1540. The van der Waals surface area contributed by atoms with E-state index in [1.54, 1.807) is 36.0 Å². The first-order valence-corrected chi connectivity index (χ1v) is 17.4. The van der Waals surface area contributed by atoms with Crippen molar-refractivity contribution in [3.63, 3.8) is 0 Å². The molecule has 3 heterocycles. The van der Waals surface area contributed by atoms with Crippen molar-refractivity contribution in [2.24, 2.45) is 10.8 Å². The van der Waals surface area contributed by atoms with Gasteiger partial charge in [0.15, 0.2) is 5.82 Å². The van der Waals surface area contributed by atoms with Gasteiger partial charge in [-0.25, -0.2) is 14.9 Å². The Kier molecular flexibility index (Phi) is 8.71. The summed E-state index contributed by atoms with van der Waals surface area (Å²) in [6, 6.07) is 7.98. The number of carbonyl (C=O) groups excluding carboxylic acids is 3. The fourth-order valence-corrected chi connectivity index (χ4v) is 8.83. The molecule has 3 aliphatic rings. The summed E-state index contributed by atoms with van der Waals surface area (Å²) in [4.78, 5) is 53.0. The van der Waals surface area contributed by atoms with Crippen LogP contribution in [0.4, 0.5) is 5.82 Å². The smallest absolute Gasteiger partial charge is 0.326 e. The van der Waals surface area contributed by atoms with Crippen molar-refractivity contribution in [2.75, 3.05) is 12.0 Å². The van der Waals surface area contributed by atoms with E-state index in [0.717, 1.165) is 86.8 Å². The molecule has 3 aromatic rings. The summed E-state index contributed by atoms with van der Waals surface area (Å²) in [6.07, 6.45) is 12.4. The van der Waals surface area contributed by atoms with E-state index in [-0.39, 0.29) is 24.3 Å². The van der Waals surface area contributed by atoms with Gasteiger partial charge >= 0.3 is 5.97 Å². The molecule has 1 aromatic carbocycles. The Morgan fingerprint density at radius 2 is 1.49 bits per heavy atom. The first kappa shape index (κ1) is 31.6. The fraction of sp³-hybridized carbons (Fsp3) is 0.571. The van der Waals surface area contributed by atoms with E-state index in [4.69, 9.17) is 19.4 Å². The molecule has 2 aromatic heterocycles. The number of imide groups is 1. The molecule has 10 heteroatoms. The second-order valence-electron chi connectivity index (χ2n) is 13.8. The zero-order valence-electron chi connectivity index (χ0n) is 26.9. The number of aromatic nitrogens is 3. The van der Waals surface area contributed by atoms with Crippen LogP contribution in [-0.4, -0.2) is 45.0 Å². The fourth-order valence-electron chi connectivity index (χ4n) is 7.86. The molecule has 1 saturated heterocycles. The van der Waals surface area contributed by atoms with Crippen LogP contribution < -0.4 is 9.64 Å². The Balaban J connectivity index is 1.37. The zero-order valence-corrected chi connectivity index (χ0v) is 27.7. The lowest BCUT2D eigenvalue weighted by molar-refractivity contribution is -0.155. The van der Waals surface area contributed by atoms with Gasteiger partial charge < -0.3 is 14.0 Å². The van der Waals surface area contributed by atoms with E-state index in [9.17, 15) is 14.4 Å². The minimum Gasteiger partial charge on any atom is -0.497 e. The van der Waals surface area contributed by atoms with Gasteiger partial charge in [0.2, 0.25) is 11.8 Å². The van der Waals surface area contributed by atoms with Gasteiger partial charge in [-0.05, 0) is 64.2 Å². The summed E-state index contributed by atoms with van der Waals surface area (Å²) >= 11 is 1.72. The predicted octanol–water partition coefficient (Wildman–Crippen LogP) is 6.99. The van der Waals surface area contributed by atoms with E-state index in [0.29, 0.717) is 22.6 Å². The minimum atomic E-state index is -0.664. The number of pyridine rings is 1. The van der Waals surface area contributed by atoms with Crippen molar-refractivity contribution in [1.29, 1.82) is 0 Å². The highest BCUT2D eigenvalue weighted by molar-refractivity contribution is 7.97. The Morgan fingerprint density at radius 3 is 2.04 bits per heavy atom. The van der Waals surface area contributed by atoms with Gasteiger partial charge in [-0.2, -0.15) is 11.8 Å². The quantitative estimate of drug-likeness (QED) is 0.193. The van der Waals surface area contributed by atoms with Crippen LogP contribution in [0.3, 0.4) is 0 Å². The van der Waals surface area contributed by atoms with E-state index < -0.39 is 16.4 Å². The Morgan fingerprint density at radius 1 is 0.889 bits per heavy atom. The van der Waals surface area contributed by atoms with Crippen LogP contribution in [0.2, 0.25) is 0 Å². The van der Waals surface area contributed by atoms with Crippen LogP contribution in [0.25, 0.3) is 11.0 Å². The third-order valence-corrected chi connectivity index (χ3v) is 10.9. The molecule has 1 aliphatic heterocycles. The van der Waals surface area contributed by atoms with Crippen LogP contribution in [0, 0.1) is 10.8 Å². The van der Waals surface area contributed by atoms with E-state index in [1.807, 2.05) is 45.0 Å². The highest BCUT2D eigenvalue weighted by Gasteiger charge is 2.69. The number of fused-ring (bicyclic) bond motifs is 2. The third kappa shape index (κ3) is 5.75. The highest BCUT2D eigenvalue weighted by Crippen LogP contribution is 2.62. The number of carbonyl (C=O) groups is 3. The number of anilines is 1. The van der Waals surface area contributed by atoms with E-state index in [1.165, 1.54) is 4.90 Å². The molecule has 0 N–H and O–H groups in total. The topological polar surface area (TPSA) is 104 Å². The number of imidazole rings is 1. The Labute approximate surface area is 269 Å². The van der Waals surface area contributed by atoms with Gasteiger partial charge in [0.1, 0.15) is 23.4 Å². The summed E-state index contributed by atoms with van der Waals surface area (Å²) in [5.74, 6) is 1.88. The summed E-state index contributed by atoms with van der Waals surface area (Å²) in [5.41, 5.74) is 1.26. The number of benzene rings is 1. The molecule has 2 aliphatic carbocycles. The van der Waals surface area contributed by atoms with Crippen molar-refractivity contribution in [1.82, 2.24) is 14.5 Å². The summed E-state index contributed by atoms with van der Waals surface area (Å²) in [7, 11) is 1.65. The van der Waals surface area contributed by atoms with Crippen LogP contribution in [0.5, 0.6) is 5.75 Å². The molecule has 0 bridgehead atoms. The molecule has 0 atom stereocenters. The summed E-state index contributed by atoms with van der Waals surface area (Å²) in [6.45, 7) is 5.48. The van der Waals surface area contributed by atoms with Crippen molar-refractivity contribution in [3.8, 4) is 5.75 Å². The van der Waals surface area contributed by atoms with Gasteiger partial charge in [-0.3, -0.25) is 14.4 Å². The lowest BCUT2D eigenvalue weighted by Gasteiger charge is -2.46. The number of ether oxygens (including phenoxy) is 2. The van der Waals surface area contributed by atoms with Gasteiger partial charge in [0, 0.05) is 23.3 Å². The maximum atomic E-state index is 14.6. The van der Waals surface area contributed by atoms with E-state index >= 15 is 0 Å². The first-order valence-electron chi connectivity index (χ1n) is 16.2. The number of methoxy groups -OCH3 is 1. The van der Waals surface area contributed by atoms with Crippen LogP contribution in [0.1, 0.15) is 96.1 Å². The Hall–Kier alpha value is -3.40. The lowest BCUT2D eigenvalue weighted by atomic mass is 9.53. The van der Waals surface area contributed by atoms with Crippen LogP contribution in [-0.2, 0) is 37.2 Å². The normalized spacial score (nSPS) is 19.5. The van der Waals surface area contributed by atoms with Gasteiger partial charge in [0.25, 0.3) is 0 Å². The van der Waals surface area contributed by atoms with Crippen molar-refractivity contribution < 1.29 is 23.9 Å². The molecule has 45 heavy (non-hydrogen) atoms. The van der Waals surface area contributed by atoms with Crippen LogP contribution >= 0.6 is 11.8 Å². The highest BCUT2D eigenvalue weighted by atomic mass is 32.2. The standard InChI is InChI=1S/C35H44N4O5S/c1-33(2,3)44-27(40)20-38-23-37-28-29(38)25(22-45-21-24-11-13-26(43-4)14-12-24)19-36-30(28)39-31(41)34(15-7-5-8-16-34)35(32(39)42)17-9-6-10-18-35/h11-14,19,23H,5-10,15-18,20-22H2,1-4H3. The van der Waals surface area contributed by atoms with Gasteiger partial charge in [-0.15, -0.1) is 0 Å². The first-order chi connectivity index (χ1) is 21.6. The second-order valence-corrected chi connectivity index (χ2v) is 14.8. The van der Waals surface area contributed by atoms with Crippen LogP contribution in [0.15, 0.2) is 36.8 Å². The molecule has 2 saturated carbocycles. The maximum absolute atomic E-state index is 14.6. The molecule has 0 radical (unpaired) electrons. The SMILES string of the molecule is COc1ccc(CSCc2cnc(N3C(=O)C4(CCCCC4)C4(CCCCC4)C3=O)c3ncn(CC(=O)OC(C)(C)C)c23)cc1. The van der Waals surface area contributed by atoms with Crippen molar-refractivity contribution >= 4 is 46.4 Å². The van der Waals surface area contributed by atoms with Gasteiger partial charge in [0.05, 0.1) is 29.8 Å². The molecule has 0 unspecified atom stereocenters. The molecule has 6 rings (SSSR count). The molecule has 2 amide bonds. The molecular weight excluding hydrogens is 588 g/mol. The number of nitrogens with zero attached hydrogens (tertiary/aromatic N) is 4. The number of esters is 1.